The Morgan fingerprint density at radius 2 is 2.00 bits per heavy atom. The highest BCUT2D eigenvalue weighted by molar-refractivity contribution is 5.74. The van der Waals surface area contributed by atoms with Gasteiger partial charge in [0, 0.05) is 17.4 Å². The van der Waals surface area contributed by atoms with E-state index in [0.29, 0.717) is 12.2 Å². The van der Waals surface area contributed by atoms with Crippen LogP contribution in [0.4, 0.5) is 0 Å². The number of benzene rings is 1. The summed E-state index contributed by atoms with van der Waals surface area (Å²) in [6.45, 7) is 10.6. The van der Waals surface area contributed by atoms with Crippen LogP contribution in [0, 0.1) is 5.92 Å². The Morgan fingerprint density at radius 3 is 2.61 bits per heavy atom. The Labute approximate surface area is 138 Å². The molecule has 1 N–H and O–H groups in total. The maximum Gasteiger partial charge on any atom is 0.145 e. The lowest BCUT2D eigenvalue weighted by Crippen LogP contribution is -2.45. The number of phenols is 1. The number of hydrogen-bond acceptors (Lipinski definition) is 3. The molecule has 1 aromatic carbocycles. The summed E-state index contributed by atoms with van der Waals surface area (Å²) >= 11 is 0. The summed E-state index contributed by atoms with van der Waals surface area (Å²) in [4.78, 5) is 11.2. The fourth-order valence-corrected chi connectivity index (χ4v) is 3.95. The number of rotatable bonds is 1. The van der Waals surface area contributed by atoms with Gasteiger partial charge in [-0.2, -0.15) is 0 Å². The van der Waals surface area contributed by atoms with E-state index in [1.807, 2.05) is 12.1 Å². The maximum absolute atomic E-state index is 11.2. The first-order valence-corrected chi connectivity index (χ1v) is 8.34. The van der Waals surface area contributed by atoms with Crippen LogP contribution < -0.4 is 4.74 Å². The van der Waals surface area contributed by atoms with E-state index in [9.17, 15) is 9.90 Å². The van der Waals surface area contributed by atoms with Crippen LogP contribution >= 0.6 is 0 Å². The molecule has 0 saturated heterocycles. The minimum absolute atomic E-state index is 0.0582. The average Bonchev–Trinajstić information content (AvgIpc) is 2.44. The van der Waals surface area contributed by atoms with Crippen molar-refractivity contribution < 1.29 is 14.6 Å². The van der Waals surface area contributed by atoms with E-state index in [1.54, 1.807) is 0 Å². The number of fused-ring (bicyclic) bond motifs is 3. The zero-order chi connectivity index (χ0) is 17.0. The Morgan fingerprint density at radius 1 is 1.30 bits per heavy atom. The van der Waals surface area contributed by atoms with Crippen LogP contribution in [-0.4, -0.2) is 17.0 Å². The van der Waals surface area contributed by atoms with Crippen molar-refractivity contribution >= 4 is 6.29 Å². The van der Waals surface area contributed by atoms with Crippen LogP contribution in [0.25, 0.3) is 0 Å². The third kappa shape index (κ3) is 2.66. The molecule has 23 heavy (non-hydrogen) atoms. The third-order valence-electron chi connectivity index (χ3n) is 5.35. The summed E-state index contributed by atoms with van der Waals surface area (Å²) in [6, 6.07) is 3.92. The van der Waals surface area contributed by atoms with Gasteiger partial charge in [0.1, 0.15) is 23.4 Å². The molecular formula is C20H26O3. The van der Waals surface area contributed by atoms with Gasteiger partial charge in [0.05, 0.1) is 0 Å². The highest BCUT2D eigenvalue weighted by atomic mass is 16.5. The van der Waals surface area contributed by atoms with Crippen molar-refractivity contribution in [3.05, 3.63) is 34.9 Å². The SMILES string of the molecule is CC(C)(C)c1cc(O)c2c(c1)OC(C)(C)C1CC=C(C=O)CC21. The van der Waals surface area contributed by atoms with Gasteiger partial charge >= 0.3 is 0 Å². The predicted octanol–water partition coefficient (Wildman–Crippen LogP) is 4.48. The van der Waals surface area contributed by atoms with Crippen molar-refractivity contribution in [3.8, 4) is 11.5 Å². The quantitative estimate of drug-likeness (QED) is 0.777. The van der Waals surface area contributed by atoms with Gasteiger partial charge in [-0.3, -0.25) is 4.79 Å². The molecule has 3 rings (SSSR count). The summed E-state index contributed by atoms with van der Waals surface area (Å²) in [5.41, 5.74) is 2.39. The van der Waals surface area contributed by atoms with E-state index in [4.69, 9.17) is 4.74 Å². The molecule has 0 aromatic heterocycles. The molecule has 0 spiro atoms. The number of allylic oxidation sites excluding steroid dienone is 2. The molecule has 0 amide bonds. The highest BCUT2D eigenvalue weighted by Crippen LogP contribution is 2.54. The van der Waals surface area contributed by atoms with Gasteiger partial charge < -0.3 is 9.84 Å². The molecule has 0 radical (unpaired) electrons. The first-order valence-electron chi connectivity index (χ1n) is 8.34. The summed E-state index contributed by atoms with van der Waals surface area (Å²) in [5, 5.41) is 10.7. The van der Waals surface area contributed by atoms with Gasteiger partial charge in [0.25, 0.3) is 0 Å². The van der Waals surface area contributed by atoms with Gasteiger partial charge in [-0.25, -0.2) is 0 Å². The number of aromatic hydroxyl groups is 1. The second-order valence-electron chi connectivity index (χ2n) is 8.41. The van der Waals surface area contributed by atoms with Gasteiger partial charge in [-0.05, 0) is 55.4 Å². The zero-order valence-electron chi connectivity index (χ0n) is 14.6. The lowest BCUT2D eigenvalue weighted by molar-refractivity contribution is -0.105. The highest BCUT2D eigenvalue weighted by Gasteiger charge is 2.46. The molecule has 2 unspecified atom stereocenters. The maximum atomic E-state index is 11.2. The van der Waals surface area contributed by atoms with E-state index in [-0.39, 0.29) is 22.9 Å². The smallest absolute Gasteiger partial charge is 0.145 e. The molecule has 0 fully saturated rings. The molecular weight excluding hydrogens is 288 g/mol. The molecule has 2 atom stereocenters. The Kier molecular flexibility index (Phi) is 3.58. The van der Waals surface area contributed by atoms with E-state index in [0.717, 1.165) is 35.2 Å². The first kappa shape index (κ1) is 16.1. The molecule has 1 aliphatic heterocycles. The average molecular weight is 314 g/mol. The second kappa shape index (κ2) is 5.12. The number of carbonyl (C=O) groups excluding carboxylic acids is 1. The standard InChI is InChI=1S/C20H26O3/c1-19(2,3)13-9-16(22)18-14-8-12(11-21)6-7-15(14)20(4,5)23-17(18)10-13/h6,9-11,14-15,22H,7-8H2,1-5H3. The summed E-state index contributed by atoms with van der Waals surface area (Å²) in [6.07, 6.45) is 4.45. The van der Waals surface area contributed by atoms with Crippen LogP contribution in [0.15, 0.2) is 23.8 Å². The van der Waals surface area contributed by atoms with Gasteiger partial charge in [0.2, 0.25) is 0 Å². The van der Waals surface area contributed by atoms with E-state index < -0.39 is 0 Å². The monoisotopic (exact) mass is 314 g/mol. The topological polar surface area (TPSA) is 46.5 Å². The number of ether oxygens (including phenoxy) is 1. The molecule has 1 aromatic rings. The Bertz CT molecular complexity index is 677. The molecule has 124 valence electrons. The largest absolute Gasteiger partial charge is 0.508 e. The normalized spacial score (nSPS) is 25.7. The van der Waals surface area contributed by atoms with Crippen LogP contribution in [0.3, 0.4) is 0 Å². The molecule has 0 bridgehead atoms. The zero-order valence-corrected chi connectivity index (χ0v) is 14.6. The number of aldehydes is 1. The molecule has 3 heteroatoms. The third-order valence-corrected chi connectivity index (χ3v) is 5.35. The Balaban J connectivity index is 2.15. The molecule has 1 aliphatic carbocycles. The second-order valence-corrected chi connectivity index (χ2v) is 8.41. The van der Waals surface area contributed by atoms with Crippen LogP contribution in [0.5, 0.6) is 11.5 Å². The minimum Gasteiger partial charge on any atom is -0.508 e. The van der Waals surface area contributed by atoms with Gasteiger partial charge in [-0.1, -0.05) is 26.8 Å². The Hall–Kier alpha value is -1.77. The lowest BCUT2D eigenvalue weighted by atomic mass is 9.66. The van der Waals surface area contributed by atoms with Crippen molar-refractivity contribution in [2.24, 2.45) is 5.92 Å². The molecule has 2 aliphatic rings. The summed E-state index contributed by atoms with van der Waals surface area (Å²) < 4.78 is 6.30. The minimum atomic E-state index is -0.314. The van der Waals surface area contributed by atoms with E-state index in [2.05, 4.69) is 40.7 Å². The number of phenolic OH excluding ortho intramolecular Hbond substituents is 1. The fraction of sp³-hybridized carbons (Fsp3) is 0.550. The summed E-state index contributed by atoms with van der Waals surface area (Å²) in [7, 11) is 0. The van der Waals surface area contributed by atoms with Crippen molar-refractivity contribution in [1.29, 1.82) is 0 Å². The molecule has 0 saturated carbocycles. The van der Waals surface area contributed by atoms with Crippen LogP contribution in [0.1, 0.15) is 64.5 Å². The number of hydrogen-bond donors (Lipinski definition) is 1. The predicted molar refractivity (Wildman–Crippen MR) is 91.1 cm³/mol. The van der Waals surface area contributed by atoms with E-state index >= 15 is 0 Å². The lowest BCUT2D eigenvalue weighted by Gasteiger charge is -2.47. The summed E-state index contributed by atoms with van der Waals surface area (Å²) in [5.74, 6) is 1.47. The number of carbonyl (C=O) groups is 1. The fourth-order valence-electron chi connectivity index (χ4n) is 3.95. The van der Waals surface area contributed by atoms with Crippen molar-refractivity contribution in [2.45, 2.75) is 64.4 Å². The first-order chi connectivity index (χ1) is 10.6. The molecule has 1 heterocycles. The van der Waals surface area contributed by atoms with Crippen molar-refractivity contribution in [1.82, 2.24) is 0 Å². The van der Waals surface area contributed by atoms with Crippen LogP contribution in [0.2, 0.25) is 0 Å². The van der Waals surface area contributed by atoms with E-state index in [1.165, 1.54) is 0 Å². The van der Waals surface area contributed by atoms with Crippen molar-refractivity contribution in [3.63, 3.8) is 0 Å². The molecule has 3 nitrogen and oxygen atoms in total. The van der Waals surface area contributed by atoms with Crippen molar-refractivity contribution in [2.75, 3.05) is 0 Å². The van der Waals surface area contributed by atoms with Crippen LogP contribution in [-0.2, 0) is 10.2 Å². The van der Waals surface area contributed by atoms with Gasteiger partial charge in [0.15, 0.2) is 0 Å². The van der Waals surface area contributed by atoms with Gasteiger partial charge in [-0.15, -0.1) is 0 Å².